The van der Waals surface area contributed by atoms with Gasteiger partial charge in [-0.05, 0) is 56.6 Å². The van der Waals surface area contributed by atoms with Crippen LogP contribution in [0.4, 0.5) is 0 Å². The van der Waals surface area contributed by atoms with Gasteiger partial charge in [0.15, 0.2) is 0 Å². The minimum absolute atomic E-state index is 1.11. The van der Waals surface area contributed by atoms with Gasteiger partial charge in [-0.2, -0.15) is 0 Å². The maximum absolute atomic E-state index is 3.84. The van der Waals surface area contributed by atoms with Crippen molar-refractivity contribution in [2.75, 3.05) is 0 Å². The summed E-state index contributed by atoms with van der Waals surface area (Å²) in [5.41, 5.74) is 0. The van der Waals surface area contributed by atoms with Gasteiger partial charge in [0.2, 0.25) is 0 Å². The van der Waals surface area contributed by atoms with E-state index in [9.17, 15) is 0 Å². The molecule has 0 aliphatic rings. The molecule has 144 valence electrons. The molecule has 30 heavy (non-hydrogen) atoms. The van der Waals surface area contributed by atoms with Crippen LogP contribution in [-0.4, -0.2) is 0 Å². The highest BCUT2D eigenvalue weighted by atomic mass is 79.9. The quantitative estimate of drug-likeness (QED) is 0.145. The van der Waals surface area contributed by atoms with Crippen molar-refractivity contribution in [3.8, 4) is 0 Å². The molecule has 6 aromatic rings. The largest absolute Gasteiger partial charge is 0.0605 e. The first-order valence-electron chi connectivity index (χ1n) is 9.48. The number of benzene rings is 6. The van der Waals surface area contributed by atoms with Crippen molar-refractivity contribution in [3.63, 3.8) is 0 Å². The highest BCUT2D eigenvalue weighted by Gasteiger charge is 2.19. The normalized spacial score (nSPS) is 12.0. The van der Waals surface area contributed by atoms with Crippen molar-refractivity contribution in [1.82, 2.24) is 0 Å². The van der Waals surface area contributed by atoms with Gasteiger partial charge in [-0.1, -0.05) is 112 Å². The molecule has 0 atom stereocenters. The maximum atomic E-state index is 3.84. The SMILES string of the molecule is Brc1cccc2c1c1c(Br)cccc1c1c3cccc(Br)c3c3c(Br)cccc3c21. The Morgan fingerprint density at radius 2 is 0.533 bits per heavy atom. The molecule has 0 spiro atoms. The molecule has 0 saturated carbocycles. The first-order valence-corrected chi connectivity index (χ1v) is 12.7. The molecular weight excluding hydrogens is 632 g/mol. The molecule has 0 bridgehead atoms. The van der Waals surface area contributed by atoms with E-state index in [1.807, 2.05) is 0 Å². The molecule has 0 aliphatic carbocycles. The summed E-state index contributed by atoms with van der Waals surface area (Å²) in [6, 6.07) is 26.0. The van der Waals surface area contributed by atoms with E-state index < -0.39 is 0 Å². The van der Waals surface area contributed by atoms with E-state index in [1.54, 1.807) is 0 Å². The summed E-state index contributed by atoms with van der Waals surface area (Å²) in [5, 5.41) is 12.6. The molecule has 0 unspecified atom stereocenters. The van der Waals surface area contributed by atoms with E-state index in [2.05, 4.69) is 137 Å². The standard InChI is InChI=1S/C26H12Br4/c27-17-9-1-5-13-21-14-6-2-11-19(29)25(14)26-16(8-4-12-20(26)30)22(21)15-7-3-10-18(28)24(15)23(13)17/h1-12H. The summed E-state index contributed by atoms with van der Waals surface area (Å²) in [6.07, 6.45) is 0. The third kappa shape index (κ3) is 2.54. The van der Waals surface area contributed by atoms with Gasteiger partial charge in [0.05, 0.1) is 0 Å². The lowest BCUT2D eigenvalue weighted by molar-refractivity contribution is 1.71. The molecule has 0 aliphatic heterocycles. The summed E-state index contributed by atoms with van der Waals surface area (Å²) in [7, 11) is 0. The van der Waals surface area contributed by atoms with Gasteiger partial charge in [-0.25, -0.2) is 0 Å². The van der Waals surface area contributed by atoms with Crippen LogP contribution < -0.4 is 0 Å². The van der Waals surface area contributed by atoms with E-state index in [-0.39, 0.29) is 0 Å². The van der Waals surface area contributed by atoms with E-state index in [4.69, 9.17) is 0 Å². The average Bonchev–Trinajstić information content (AvgIpc) is 2.74. The fourth-order valence-electron chi connectivity index (χ4n) is 4.78. The third-order valence-electron chi connectivity index (χ3n) is 5.88. The van der Waals surface area contributed by atoms with Gasteiger partial charge in [0.25, 0.3) is 0 Å². The van der Waals surface area contributed by atoms with Gasteiger partial charge < -0.3 is 0 Å². The lowest BCUT2D eigenvalue weighted by Gasteiger charge is -2.18. The van der Waals surface area contributed by atoms with Crippen molar-refractivity contribution < 1.29 is 0 Å². The number of rotatable bonds is 0. The molecule has 0 nitrogen and oxygen atoms in total. The minimum atomic E-state index is 1.11. The Labute approximate surface area is 206 Å². The zero-order valence-corrected chi connectivity index (χ0v) is 21.8. The Morgan fingerprint density at radius 1 is 0.300 bits per heavy atom. The molecule has 0 fully saturated rings. The van der Waals surface area contributed by atoms with Gasteiger partial charge in [0, 0.05) is 39.4 Å². The predicted octanol–water partition coefficient (Wildman–Crippen LogP) is 10.5. The van der Waals surface area contributed by atoms with E-state index >= 15 is 0 Å². The fourth-order valence-corrected chi connectivity index (χ4v) is 7.03. The van der Waals surface area contributed by atoms with Crippen LogP contribution in [0.5, 0.6) is 0 Å². The van der Waals surface area contributed by atoms with E-state index in [1.165, 1.54) is 53.9 Å². The zero-order chi connectivity index (χ0) is 20.6. The number of hydrogen-bond acceptors (Lipinski definition) is 0. The number of halogens is 4. The topological polar surface area (TPSA) is 0 Å². The van der Waals surface area contributed by atoms with Gasteiger partial charge in [-0.3, -0.25) is 0 Å². The molecule has 6 rings (SSSR count). The van der Waals surface area contributed by atoms with Crippen LogP contribution in [0.3, 0.4) is 0 Å². The lowest BCUT2D eigenvalue weighted by atomic mass is 9.87. The molecule has 4 heteroatoms. The van der Waals surface area contributed by atoms with Crippen LogP contribution in [-0.2, 0) is 0 Å². The first kappa shape index (κ1) is 19.2. The van der Waals surface area contributed by atoms with Crippen LogP contribution in [0.25, 0.3) is 53.9 Å². The summed E-state index contributed by atoms with van der Waals surface area (Å²) < 4.78 is 4.43. The Morgan fingerprint density at radius 3 is 0.767 bits per heavy atom. The second-order valence-electron chi connectivity index (χ2n) is 7.40. The summed E-state index contributed by atoms with van der Waals surface area (Å²) >= 11 is 15.4. The Hall–Kier alpha value is -1.46. The van der Waals surface area contributed by atoms with Crippen LogP contribution in [0, 0.1) is 0 Å². The molecule has 0 N–H and O–H groups in total. The smallest absolute Gasteiger partial charge is 0.0260 e. The zero-order valence-electron chi connectivity index (χ0n) is 15.4. The molecular formula is C26H12Br4. The van der Waals surface area contributed by atoms with Gasteiger partial charge >= 0.3 is 0 Å². The second-order valence-corrected chi connectivity index (χ2v) is 10.8. The van der Waals surface area contributed by atoms with Crippen LogP contribution in [0.15, 0.2) is 90.7 Å². The number of fused-ring (bicyclic) bond motifs is 11. The predicted molar refractivity (Wildman–Crippen MR) is 145 cm³/mol. The molecule has 6 aromatic carbocycles. The van der Waals surface area contributed by atoms with Crippen molar-refractivity contribution in [2.45, 2.75) is 0 Å². The van der Waals surface area contributed by atoms with Gasteiger partial charge in [0.1, 0.15) is 0 Å². The Balaban J connectivity index is 2.16. The first-order chi connectivity index (χ1) is 14.6. The summed E-state index contributed by atoms with van der Waals surface area (Å²) in [4.78, 5) is 0. The van der Waals surface area contributed by atoms with E-state index in [0.29, 0.717) is 0 Å². The Kier molecular flexibility index (Phi) is 4.51. The van der Waals surface area contributed by atoms with Gasteiger partial charge in [-0.15, -0.1) is 0 Å². The van der Waals surface area contributed by atoms with Crippen molar-refractivity contribution >= 4 is 118 Å². The molecule has 0 aromatic heterocycles. The summed E-state index contributed by atoms with van der Waals surface area (Å²) in [6.45, 7) is 0. The van der Waals surface area contributed by atoms with Crippen molar-refractivity contribution in [2.24, 2.45) is 0 Å². The second kappa shape index (κ2) is 7.03. The highest BCUT2D eigenvalue weighted by Crippen LogP contribution is 2.49. The Bertz CT molecular complexity index is 1430. The number of hydrogen-bond donors (Lipinski definition) is 0. The monoisotopic (exact) mass is 640 g/mol. The molecule has 0 amide bonds. The van der Waals surface area contributed by atoms with Crippen LogP contribution in [0.2, 0.25) is 0 Å². The van der Waals surface area contributed by atoms with E-state index in [0.717, 1.165) is 17.9 Å². The summed E-state index contributed by atoms with van der Waals surface area (Å²) in [5.74, 6) is 0. The van der Waals surface area contributed by atoms with Crippen molar-refractivity contribution in [3.05, 3.63) is 90.7 Å². The van der Waals surface area contributed by atoms with Crippen LogP contribution >= 0.6 is 63.7 Å². The third-order valence-corrected chi connectivity index (χ3v) is 8.53. The average molecular weight is 644 g/mol. The van der Waals surface area contributed by atoms with Crippen LogP contribution in [0.1, 0.15) is 0 Å². The van der Waals surface area contributed by atoms with Crippen molar-refractivity contribution in [1.29, 1.82) is 0 Å². The maximum Gasteiger partial charge on any atom is 0.0260 e. The molecule has 0 heterocycles. The fraction of sp³-hybridized carbons (Fsp3) is 0. The molecule has 0 saturated heterocycles. The highest BCUT2D eigenvalue weighted by molar-refractivity contribution is 9.11. The lowest BCUT2D eigenvalue weighted by Crippen LogP contribution is -1.90. The molecule has 0 radical (unpaired) electrons. The minimum Gasteiger partial charge on any atom is -0.0605 e.